The van der Waals surface area contributed by atoms with Crippen LogP contribution in [0.2, 0.25) is 0 Å². The summed E-state index contributed by atoms with van der Waals surface area (Å²) in [5.41, 5.74) is 8.38. The van der Waals surface area contributed by atoms with E-state index < -0.39 is 11.9 Å². The van der Waals surface area contributed by atoms with Gasteiger partial charge in [-0.15, -0.1) is 0 Å². The van der Waals surface area contributed by atoms with Crippen LogP contribution in [0.1, 0.15) is 60.5 Å². The number of fused-ring (bicyclic) bond motifs is 1. The van der Waals surface area contributed by atoms with Crippen molar-refractivity contribution >= 4 is 5.97 Å². The van der Waals surface area contributed by atoms with E-state index in [2.05, 4.69) is 13.0 Å². The Hall–Kier alpha value is -4.44. The molecule has 1 aliphatic heterocycles. The van der Waals surface area contributed by atoms with Gasteiger partial charge in [0.05, 0.1) is 19.1 Å². The molecule has 1 aliphatic rings. The van der Waals surface area contributed by atoms with Gasteiger partial charge in [-0.2, -0.15) is 5.26 Å². The van der Waals surface area contributed by atoms with Crippen LogP contribution in [0.4, 0.5) is 0 Å². The third-order valence-corrected chi connectivity index (χ3v) is 5.93. The lowest BCUT2D eigenvalue weighted by molar-refractivity contribution is 0.0730. The van der Waals surface area contributed by atoms with Crippen molar-refractivity contribution in [2.45, 2.75) is 39.0 Å². The fourth-order valence-corrected chi connectivity index (χ4v) is 4.10. The zero-order valence-electron chi connectivity index (χ0n) is 21.0. The van der Waals surface area contributed by atoms with Crippen LogP contribution in [0, 0.1) is 11.3 Å². The van der Waals surface area contributed by atoms with E-state index in [4.69, 9.17) is 24.7 Å². The number of hydrogen-bond acceptors (Lipinski definition) is 7. The van der Waals surface area contributed by atoms with Crippen molar-refractivity contribution in [2.75, 3.05) is 13.2 Å². The summed E-state index contributed by atoms with van der Waals surface area (Å²) >= 11 is 0. The Morgan fingerprint density at radius 2 is 1.81 bits per heavy atom. The van der Waals surface area contributed by atoms with Crippen LogP contribution in [0.3, 0.4) is 0 Å². The lowest BCUT2D eigenvalue weighted by Crippen LogP contribution is -2.21. The maximum absolute atomic E-state index is 13.0. The predicted molar refractivity (Wildman–Crippen MR) is 140 cm³/mol. The minimum Gasteiger partial charge on any atom is -0.494 e. The Morgan fingerprint density at radius 1 is 0.973 bits per heavy atom. The van der Waals surface area contributed by atoms with Gasteiger partial charge in [0, 0.05) is 11.6 Å². The highest BCUT2D eigenvalue weighted by atomic mass is 16.5. The second-order valence-electron chi connectivity index (χ2n) is 8.63. The van der Waals surface area contributed by atoms with Crippen molar-refractivity contribution in [3.05, 3.63) is 94.9 Å². The smallest absolute Gasteiger partial charge is 0.347 e. The lowest BCUT2D eigenvalue weighted by atomic mass is 9.83. The summed E-state index contributed by atoms with van der Waals surface area (Å²) in [4.78, 5) is 13.0. The van der Waals surface area contributed by atoms with Crippen molar-refractivity contribution in [2.24, 2.45) is 5.73 Å². The molecular weight excluding hydrogens is 468 g/mol. The van der Waals surface area contributed by atoms with Crippen LogP contribution in [0.25, 0.3) is 0 Å². The number of unbranched alkanes of at least 4 members (excludes halogenated alkanes) is 1. The first-order valence-corrected chi connectivity index (χ1v) is 12.4. The molecule has 1 heterocycles. The van der Waals surface area contributed by atoms with Crippen molar-refractivity contribution in [3.63, 3.8) is 0 Å². The number of carbonyl (C=O) groups is 1. The number of rotatable bonds is 10. The normalized spacial score (nSPS) is 14.2. The Bertz CT molecular complexity index is 1340. The first kappa shape index (κ1) is 25.6. The summed E-state index contributed by atoms with van der Waals surface area (Å²) in [5, 5.41) is 9.85. The van der Waals surface area contributed by atoms with Crippen molar-refractivity contribution < 1.29 is 23.7 Å². The van der Waals surface area contributed by atoms with Gasteiger partial charge in [-0.1, -0.05) is 50.6 Å². The van der Waals surface area contributed by atoms with E-state index in [1.54, 1.807) is 36.4 Å². The van der Waals surface area contributed by atoms with E-state index >= 15 is 0 Å². The molecule has 0 radical (unpaired) electrons. The topological polar surface area (TPSA) is 104 Å². The van der Waals surface area contributed by atoms with Crippen molar-refractivity contribution in [3.8, 4) is 29.1 Å². The van der Waals surface area contributed by atoms with Gasteiger partial charge in [-0.05, 0) is 48.7 Å². The average molecular weight is 499 g/mol. The molecular formula is C30H30N2O5. The van der Waals surface area contributed by atoms with Crippen LogP contribution in [0.15, 0.2) is 78.2 Å². The minimum absolute atomic E-state index is 0.0121. The second kappa shape index (κ2) is 12.0. The first-order valence-electron chi connectivity index (χ1n) is 12.4. The summed E-state index contributed by atoms with van der Waals surface area (Å²) in [5.74, 6) is 0.925. The SMILES string of the molecule is CCCCOc1ccccc1C(=O)Oc1ccc2c(c1)OC(N)=C(C#N)C2c1cccc(OCCC)c1. The van der Waals surface area contributed by atoms with Crippen molar-refractivity contribution in [1.82, 2.24) is 0 Å². The number of ether oxygens (including phenoxy) is 4. The number of carbonyl (C=O) groups excluding carboxylic acids is 1. The summed E-state index contributed by atoms with van der Waals surface area (Å²) in [6.07, 6.45) is 2.77. The van der Waals surface area contributed by atoms with E-state index in [-0.39, 0.29) is 5.88 Å². The standard InChI is InChI=1S/C30H30N2O5/c1-3-5-16-35-26-12-7-6-11-24(26)30(33)36-22-13-14-23-27(18-22)37-29(32)25(19-31)28(23)20-9-8-10-21(17-20)34-15-4-2/h6-14,17-18,28H,3-5,15-16,32H2,1-2H3. The van der Waals surface area contributed by atoms with Gasteiger partial charge >= 0.3 is 5.97 Å². The Labute approximate surface area is 217 Å². The zero-order valence-corrected chi connectivity index (χ0v) is 21.0. The van der Waals surface area contributed by atoms with E-state index in [1.165, 1.54) is 0 Å². The second-order valence-corrected chi connectivity index (χ2v) is 8.63. The molecule has 1 unspecified atom stereocenters. The molecule has 0 fully saturated rings. The van der Waals surface area contributed by atoms with Gasteiger partial charge in [0.2, 0.25) is 5.88 Å². The van der Waals surface area contributed by atoms with Gasteiger partial charge in [0.1, 0.15) is 40.2 Å². The summed E-state index contributed by atoms with van der Waals surface area (Å²) in [6.45, 7) is 5.23. The first-order chi connectivity index (χ1) is 18.0. The number of nitriles is 1. The van der Waals surface area contributed by atoms with Gasteiger partial charge in [0.15, 0.2) is 0 Å². The van der Waals surface area contributed by atoms with Gasteiger partial charge in [-0.25, -0.2) is 4.79 Å². The molecule has 37 heavy (non-hydrogen) atoms. The molecule has 0 aliphatic carbocycles. The monoisotopic (exact) mass is 498 g/mol. The van der Waals surface area contributed by atoms with Crippen molar-refractivity contribution in [1.29, 1.82) is 5.26 Å². The molecule has 7 nitrogen and oxygen atoms in total. The molecule has 0 saturated heterocycles. The number of allylic oxidation sites excluding steroid dienone is 1. The fraction of sp³-hybridized carbons (Fsp3) is 0.267. The average Bonchev–Trinajstić information content (AvgIpc) is 2.91. The van der Waals surface area contributed by atoms with E-state index in [1.807, 2.05) is 37.3 Å². The molecule has 0 bridgehead atoms. The molecule has 3 aromatic carbocycles. The lowest BCUT2D eigenvalue weighted by Gasteiger charge is -2.27. The maximum atomic E-state index is 13.0. The molecule has 0 spiro atoms. The number of esters is 1. The quantitative estimate of drug-likeness (QED) is 0.205. The molecule has 1 atom stereocenters. The number of benzene rings is 3. The van der Waals surface area contributed by atoms with E-state index in [0.717, 1.165) is 30.4 Å². The Balaban J connectivity index is 1.62. The third-order valence-electron chi connectivity index (χ3n) is 5.93. The summed E-state index contributed by atoms with van der Waals surface area (Å²) < 4.78 is 23.0. The molecule has 0 amide bonds. The number of nitrogens with zero attached hydrogens (tertiary/aromatic N) is 1. The molecule has 2 N–H and O–H groups in total. The van der Waals surface area contributed by atoms with Crippen LogP contribution in [0.5, 0.6) is 23.0 Å². The Kier molecular flexibility index (Phi) is 8.32. The highest BCUT2D eigenvalue weighted by Crippen LogP contribution is 2.44. The van der Waals surface area contributed by atoms with Gasteiger partial charge < -0.3 is 24.7 Å². The number of hydrogen-bond donors (Lipinski definition) is 1. The van der Waals surface area contributed by atoms with Crippen LogP contribution < -0.4 is 24.7 Å². The fourth-order valence-electron chi connectivity index (χ4n) is 4.10. The molecule has 190 valence electrons. The number of para-hydroxylation sites is 1. The third kappa shape index (κ3) is 5.87. The summed E-state index contributed by atoms with van der Waals surface area (Å²) in [7, 11) is 0. The predicted octanol–water partition coefficient (Wildman–Crippen LogP) is 6.09. The molecule has 4 rings (SSSR count). The van der Waals surface area contributed by atoms with Crippen LogP contribution >= 0.6 is 0 Å². The number of nitrogens with two attached hydrogens (primary N) is 1. The summed E-state index contributed by atoms with van der Waals surface area (Å²) in [6, 6.07) is 21.9. The zero-order chi connectivity index (χ0) is 26.2. The maximum Gasteiger partial charge on any atom is 0.347 e. The van der Waals surface area contributed by atoms with E-state index in [9.17, 15) is 10.1 Å². The minimum atomic E-state index is -0.540. The highest BCUT2D eigenvalue weighted by molar-refractivity contribution is 5.94. The van der Waals surface area contributed by atoms with Crippen LogP contribution in [-0.4, -0.2) is 19.2 Å². The molecule has 3 aromatic rings. The van der Waals surface area contributed by atoms with Gasteiger partial charge in [0.25, 0.3) is 0 Å². The van der Waals surface area contributed by atoms with Crippen LogP contribution in [-0.2, 0) is 0 Å². The Morgan fingerprint density at radius 3 is 2.59 bits per heavy atom. The molecule has 0 saturated carbocycles. The molecule has 7 heteroatoms. The van der Waals surface area contributed by atoms with Gasteiger partial charge in [-0.3, -0.25) is 0 Å². The largest absolute Gasteiger partial charge is 0.494 e. The highest BCUT2D eigenvalue weighted by Gasteiger charge is 2.31. The molecule has 0 aromatic heterocycles. The van der Waals surface area contributed by atoms with E-state index in [0.29, 0.717) is 47.3 Å².